The molecule has 1 aromatic carbocycles. The Morgan fingerprint density at radius 3 is 2.89 bits per heavy atom. The van der Waals surface area contributed by atoms with E-state index in [1.807, 2.05) is 18.2 Å². The molecule has 1 saturated heterocycles. The molecule has 0 spiro atoms. The summed E-state index contributed by atoms with van der Waals surface area (Å²) in [5.74, 6) is -1.31. The molecular formula is C26H27FN6O2S. The minimum atomic E-state index is -1.02. The Morgan fingerprint density at radius 2 is 2.08 bits per heavy atom. The number of nitrogens with zero attached hydrogens (tertiary/aromatic N) is 4. The molecule has 4 aromatic rings. The quantitative estimate of drug-likeness (QED) is 0.257. The SMILES string of the molecule is C=C(F)C(=O)NCCNc1nc(OC[C@@H]2CCCN2C)nc2nc(-c3cccc4sccc34)ccc12. The second-order valence-corrected chi connectivity index (χ2v) is 9.68. The second-order valence-electron chi connectivity index (χ2n) is 8.74. The summed E-state index contributed by atoms with van der Waals surface area (Å²) in [5.41, 5.74) is 2.35. The van der Waals surface area contributed by atoms with E-state index in [0.29, 0.717) is 30.7 Å². The number of hydrogen-bond donors (Lipinski definition) is 2. The van der Waals surface area contributed by atoms with Gasteiger partial charge in [0.25, 0.3) is 5.91 Å². The van der Waals surface area contributed by atoms with Crippen molar-refractivity contribution in [3.63, 3.8) is 0 Å². The largest absolute Gasteiger partial charge is 0.462 e. The van der Waals surface area contributed by atoms with E-state index in [1.165, 1.54) is 4.70 Å². The number of hydrogen-bond acceptors (Lipinski definition) is 8. The smallest absolute Gasteiger partial charge is 0.320 e. The van der Waals surface area contributed by atoms with Crippen LogP contribution in [0.5, 0.6) is 6.01 Å². The van der Waals surface area contributed by atoms with Crippen molar-refractivity contribution in [1.82, 2.24) is 25.2 Å². The molecule has 4 heterocycles. The number of benzene rings is 1. The number of nitrogens with one attached hydrogen (secondary N) is 2. The highest BCUT2D eigenvalue weighted by Crippen LogP contribution is 2.32. The molecule has 1 atom stereocenters. The van der Waals surface area contributed by atoms with Gasteiger partial charge < -0.3 is 20.3 Å². The number of anilines is 1. The zero-order valence-electron chi connectivity index (χ0n) is 20.0. The lowest BCUT2D eigenvalue weighted by Crippen LogP contribution is -2.31. The molecule has 5 rings (SSSR count). The van der Waals surface area contributed by atoms with E-state index < -0.39 is 11.7 Å². The molecule has 0 saturated carbocycles. The molecule has 186 valence electrons. The van der Waals surface area contributed by atoms with Crippen molar-refractivity contribution in [3.05, 3.63) is 54.2 Å². The number of pyridine rings is 1. The van der Waals surface area contributed by atoms with Gasteiger partial charge in [0.1, 0.15) is 12.4 Å². The molecule has 1 fully saturated rings. The Hall–Kier alpha value is -3.63. The maximum Gasteiger partial charge on any atom is 0.320 e. The van der Waals surface area contributed by atoms with Gasteiger partial charge in [-0.2, -0.15) is 9.97 Å². The number of likely N-dealkylation sites (N-methyl/N-ethyl adjacent to an activating group) is 1. The van der Waals surface area contributed by atoms with Crippen molar-refractivity contribution in [2.45, 2.75) is 18.9 Å². The number of carbonyl (C=O) groups is 1. The van der Waals surface area contributed by atoms with Gasteiger partial charge in [0, 0.05) is 34.8 Å². The Labute approximate surface area is 212 Å². The number of fused-ring (bicyclic) bond motifs is 2. The lowest BCUT2D eigenvalue weighted by atomic mass is 10.1. The fourth-order valence-electron chi connectivity index (χ4n) is 4.37. The van der Waals surface area contributed by atoms with E-state index in [-0.39, 0.29) is 12.6 Å². The van der Waals surface area contributed by atoms with Gasteiger partial charge in [0.05, 0.1) is 11.1 Å². The summed E-state index contributed by atoms with van der Waals surface area (Å²) in [4.78, 5) is 27.8. The van der Waals surface area contributed by atoms with E-state index >= 15 is 0 Å². The topological polar surface area (TPSA) is 92.3 Å². The van der Waals surface area contributed by atoms with Gasteiger partial charge in [0.15, 0.2) is 11.5 Å². The van der Waals surface area contributed by atoms with Crippen LogP contribution in [0.25, 0.3) is 32.4 Å². The number of ether oxygens (including phenoxy) is 1. The summed E-state index contributed by atoms with van der Waals surface area (Å²) in [6.45, 7) is 5.07. The van der Waals surface area contributed by atoms with Crippen LogP contribution < -0.4 is 15.4 Å². The molecule has 0 unspecified atom stereocenters. The number of amides is 1. The highest BCUT2D eigenvalue weighted by molar-refractivity contribution is 7.17. The van der Waals surface area contributed by atoms with Crippen LogP contribution in [-0.4, -0.2) is 65.1 Å². The summed E-state index contributed by atoms with van der Waals surface area (Å²) in [5, 5.41) is 9.60. The fourth-order valence-corrected chi connectivity index (χ4v) is 5.18. The van der Waals surface area contributed by atoms with Crippen LogP contribution in [0, 0.1) is 0 Å². The Kier molecular flexibility index (Phi) is 7.06. The van der Waals surface area contributed by atoms with Gasteiger partial charge in [-0.25, -0.2) is 9.37 Å². The molecule has 0 bridgehead atoms. The maximum absolute atomic E-state index is 12.9. The number of thiophene rings is 1. The number of carbonyl (C=O) groups excluding carboxylic acids is 1. The number of aromatic nitrogens is 3. The zero-order chi connectivity index (χ0) is 25.1. The van der Waals surface area contributed by atoms with Crippen LogP contribution in [0.1, 0.15) is 12.8 Å². The van der Waals surface area contributed by atoms with E-state index in [1.54, 1.807) is 11.3 Å². The summed E-state index contributed by atoms with van der Waals surface area (Å²) < 4.78 is 20.1. The van der Waals surface area contributed by atoms with E-state index in [0.717, 1.165) is 41.4 Å². The average Bonchev–Trinajstić information content (AvgIpc) is 3.53. The zero-order valence-corrected chi connectivity index (χ0v) is 20.8. The average molecular weight is 507 g/mol. The van der Waals surface area contributed by atoms with E-state index in [4.69, 9.17) is 9.72 Å². The first-order valence-corrected chi connectivity index (χ1v) is 12.7. The predicted molar refractivity (Wildman–Crippen MR) is 141 cm³/mol. The third-order valence-corrected chi connectivity index (χ3v) is 7.22. The molecule has 8 nitrogen and oxygen atoms in total. The van der Waals surface area contributed by atoms with Crippen LogP contribution >= 0.6 is 11.3 Å². The van der Waals surface area contributed by atoms with Crippen LogP contribution in [0.4, 0.5) is 10.2 Å². The highest BCUT2D eigenvalue weighted by Gasteiger charge is 2.22. The van der Waals surface area contributed by atoms with Gasteiger partial charge in [-0.3, -0.25) is 4.79 Å². The number of rotatable bonds is 9. The molecule has 2 N–H and O–H groups in total. The lowest BCUT2D eigenvalue weighted by Gasteiger charge is -2.19. The molecule has 10 heteroatoms. The van der Waals surface area contributed by atoms with Crippen molar-refractivity contribution in [1.29, 1.82) is 0 Å². The summed E-state index contributed by atoms with van der Waals surface area (Å²) in [6.07, 6.45) is 2.22. The molecule has 36 heavy (non-hydrogen) atoms. The molecule has 0 radical (unpaired) electrons. The highest BCUT2D eigenvalue weighted by atomic mass is 32.1. The molecule has 1 aliphatic heterocycles. The molecule has 1 amide bonds. The first kappa shape index (κ1) is 24.1. The van der Waals surface area contributed by atoms with Crippen LogP contribution in [0.3, 0.4) is 0 Å². The van der Waals surface area contributed by atoms with Crippen LogP contribution in [-0.2, 0) is 4.79 Å². The van der Waals surface area contributed by atoms with Crippen LogP contribution in [0.2, 0.25) is 0 Å². The third-order valence-electron chi connectivity index (χ3n) is 6.34. The van der Waals surface area contributed by atoms with E-state index in [9.17, 15) is 9.18 Å². The third kappa shape index (κ3) is 5.14. The Bertz CT molecular complexity index is 1420. The first-order valence-electron chi connectivity index (χ1n) is 11.8. The summed E-state index contributed by atoms with van der Waals surface area (Å²) >= 11 is 1.69. The molecular weight excluding hydrogens is 479 g/mol. The minimum Gasteiger partial charge on any atom is -0.462 e. The Morgan fingerprint density at radius 1 is 1.19 bits per heavy atom. The first-order chi connectivity index (χ1) is 17.5. The standard InChI is InChI=1S/C26H27FN6O2S/c1-16(27)25(34)29-12-11-28-23-20-8-9-21(18-6-3-7-22-19(18)10-14-36-22)30-24(20)32-26(31-23)35-15-17-5-4-13-33(17)2/h3,6-10,14,17H,1,4-5,11-13,15H2,2H3,(H,29,34)(H,28,30,31,32)/t17-/m0/s1. The fraction of sp³-hybridized carbons (Fsp3) is 0.308. The van der Waals surface area contributed by atoms with Crippen molar-refractivity contribution >= 4 is 44.2 Å². The maximum atomic E-state index is 12.9. The van der Waals surface area contributed by atoms with Gasteiger partial charge >= 0.3 is 6.01 Å². The van der Waals surface area contributed by atoms with Crippen LogP contribution in [0.15, 0.2) is 54.2 Å². The molecule has 0 aliphatic carbocycles. The van der Waals surface area contributed by atoms with Gasteiger partial charge in [-0.05, 0) is 56.1 Å². The molecule has 3 aromatic heterocycles. The minimum absolute atomic E-state index is 0.196. The monoisotopic (exact) mass is 506 g/mol. The summed E-state index contributed by atoms with van der Waals surface area (Å²) in [6, 6.07) is 12.7. The predicted octanol–water partition coefficient (Wildman–Crippen LogP) is 4.39. The summed E-state index contributed by atoms with van der Waals surface area (Å²) in [7, 11) is 2.09. The van der Waals surface area contributed by atoms with E-state index in [2.05, 4.69) is 62.7 Å². The normalized spacial score (nSPS) is 15.9. The Balaban J connectivity index is 1.44. The van der Waals surface area contributed by atoms with Gasteiger partial charge in [-0.1, -0.05) is 18.7 Å². The van der Waals surface area contributed by atoms with Crippen molar-refractivity contribution in [2.24, 2.45) is 0 Å². The van der Waals surface area contributed by atoms with Crippen molar-refractivity contribution < 1.29 is 13.9 Å². The van der Waals surface area contributed by atoms with Gasteiger partial charge in [0.2, 0.25) is 0 Å². The lowest BCUT2D eigenvalue weighted by molar-refractivity contribution is -0.118. The molecule has 1 aliphatic rings. The van der Waals surface area contributed by atoms with Crippen molar-refractivity contribution in [3.8, 4) is 17.3 Å². The van der Waals surface area contributed by atoms with Gasteiger partial charge in [-0.15, -0.1) is 11.3 Å². The number of halogens is 1. The second kappa shape index (κ2) is 10.5. The number of likely N-dealkylation sites (tertiary alicyclic amines) is 1. The van der Waals surface area contributed by atoms with Crippen molar-refractivity contribution in [2.75, 3.05) is 38.6 Å².